The smallest absolute Gasteiger partial charge is 0.316 e. The van der Waals surface area contributed by atoms with E-state index >= 15 is 0 Å². The molecule has 0 saturated carbocycles. The van der Waals surface area contributed by atoms with Gasteiger partial charge in [0.2, 0.25) is 5.88 Å². The Morgan fingerprint density at radius 1 is 0.756 bits per heavy atom. The highest BCUT2D eigenvalue weighted by Crippen LogP contribution is 2.41. The van der Waals surface area contributed by atoms with Crippen LogP contribution in [0.1, 0.15) is 37.6 Å². The van der Waals surface area contributed by atoms with E-state index in [2.05, 4.69) is 32.1 Å². The molecule has 0 amide bonds. The van der Waals surface area contributed by atoms with Crippen LogP contribution in [0.3, 0.4) is 0 Å². The first-order valence-corrected chi connectivity index (χ1v) is 16.2. The topological polar surface area (TPSA) is 107 Å². The lowest BCUT2D eigenvalue weighted by atomic mass is 10.0. The summed E-state index contributed by atoms with van der Waals surface area (Å²) in [6.07, 6.45) is 4.63. The Kier molecular flexibility index (Phi) is 9.73. The number of benzene rings is 3. The van der Waals surface area contributed by atoms with Gasteiger partial charge in [0, 0.05) is 17.4 Å². The largest absolute Gasteiger partial charge is 0.473 e. The highest BCUT2D eigenvalue weighted by Gasteiger charge is 2.38. The third-order valence-corrected chi connectivity index (χ3v) is 9.04. The highest BCUT2D eigenvalue weighted by atomic mass is 32.2. The zero-order valence-corrected chi connectivity index (χ0v) is 26.7. The van der Waals surface area contributed by atoms with Gasteiger partial charge in [-0.15, -0.1) is 0 Å². The molecule has 0 radical (unpaired) electrons. The maximum atomic E-state index is 14.1. The number of sulfonamides is 1. The van der Waals surface area contributed by atoms with E-state index in [1.165, 1.54) is 16.2 Å². The number of aryl methyl sites for hydroxylation is 3. The zero-order chi connectivity index (χ0) is 31.9. The fourth-order valence-corrected chi connectivity index (χ4v) is 6.66. The lowest BCUT2D eigenvalue weighted by Crippen LogP contribution is -2.46. The molecule has 5 rings (SSSR count). The monoisotopic (exact) mass is 623 g/mol. The van der Waals surface area contributed by atoms with Crippen LogP contribution in [0.4, 0.5) is 5.82 Å². The molecular formula is C35H37N5O4S. The van der Waals surface area contributed by atoms with Crippen molar-refractivity contribution < 1.29 is 17.9 Å². The van der Waals surface area contributed by atoms with Crippen LogP contribution in [0.5, 0.6) is 11.9 Å². The van der Waals surface area contributed by atoms with Crippen LogP contribution in [-0.2, 0) is 22.9 Å². The number of nitrogens with zero attached hydrogens (tertiary/aromatic N) is 5. The lowest BCUT2D eigenvalue weighted by molar-refractivity contribution is 0.201. The average Bonchev–Trinajstić information content (AvgIpc) is 3.03. The first-order chi connectivity index (χ1) is 21.6. The Labute approximate surface area is 265 Å². The van der Waals surface area contributed by atoms with Gasteiger partial charge in [-0.05, 0) is 69.9 Å². The Hall–Kier alpha value is -4.83. The van der Waals surface area contributed by atoms with Crippen molar-refractivity contribution in [1.82, 2.24) is 19.9 Å². The van der Waals surface area contributed by atoms with Crippen molar-refractivity contribution in [2.45, 2.75) is 51.0 Å². The third kappa shape index (κ3) is 7.82. The molecule has 9 nitrogen and oxygen atoms in total. The maximum absolute atomic E-state index is 14.1. The molecule has 5 aromatic rings. The van der Waals surface area contributed by atoms with Crippen LogP contribution in [0.2, 0.25) is 0 Å². The fraction of sp³-hybridized carbons (Fsp3) is 0.257. The molecule has 0 fully saturated rings. The molecule has 0 spiro atoms. The van der Waals surface area contributed by atoms with E-state index in [0.717, 1.165) is 29.7 Å². The molecule has 3 aromatic carbocycles. The predicted molar refractivity (Wildman–Crippen MR) is 175 cm³/mol. The molecule has 0 saturated heterocycles. The molecule has 0 bridgehead atoms. The van der Waals surface area contributed by atoms with E-state index < -0.39 is 15.6 Å². The minimum absolute atomic E-state index is 0.119. The number of hydrogen-bond acceptors (Lipinski definition) is 8. The van der Waals surface area contributed by atoms with Crippen LogP contribution in [0.15, 0.2) is 108 Å². The molecule has 0 aliphatic heterocycles. The highest BCUT2D eigenvalue weighted by molar-refractivity contribution is 7.93. The van der Waals surface area contributed by atoms with Crippen LogP contribution in [0.25, 0.3) is 11.1 Å². The van der Waals surface area contributed by atoms with Crippen molar-refractivity contribution in [3.05, 3.63) is 120 Å². The maximum Gasteiger partial charge on any atom is 0.316 e. The van der Waals surface area contributed by atoms with Gasteiger partial charge in [0.15, 0.2) is 5.82 Å². The van der Waals surface area contributed by atoms with Crippen molar-refractivity contribution in [2.75, 3.05) is 17.5 Å². The second-order valence-electron chi connectivity index (χ2n) is 11.5. The van der Waals surface area contributed by atoms with Crippen LogP contribution >= 0.6 is 0 Å². The van der Waals surface area contributed by atoms with E-state index in [1.807, 2.05) is 76.2 Å². The summed E-state index contributed by atoms with van der Waals surface area (Å²) >= 11 is 0. The fourth-order valence-electron chi connectivity index (χ4n) is 4.86. The molecule has 0 N–H and O–H groups in total. The molecule has 0 atom stereocenters. The summed E-state index contributed by atoms with van der Waals surface area (Å²) in [6, 6.07) is 28.4. The third-order valence-electron chi connectivity index (χ3n) is 6.97. The van der Waals surface area contributed by atoms with Crippen molar-refractivity contribution in [2.24, 2.45) is 0 Å². The summed E-state index contributed by atoms with van der Waals surface area (Å²) < 4.78 is 41.5. The molecule has 45 heavy (non-hydrogen) atoms. The molecule has 232 valence electrons. The number of aromatic nitrogens is 4. The lowest BCUT2D eigenvalue weighted by Gasteiger charge is -2.36. The van der Waals surface area contributed by atoms with E-state index in [1.54, 1.807) is 36.5 Å². The first-order valence-electron chi connectivity index (χ1n) is 14.8. The van der Waals surface area contributed by atoms with Gasteiger partial charge in [0.1, 0.15) is 19.5 Å². The van der Waals surface area contributed by atoms with Gasteiger partial charge < -0.3 is 9.47 Å². The predicted octanol–water partition coefficient (Wildman–Crippen LogP) is 6.48. The summed E-state index contributed by atoms with van der Waals surface area (Å²) in [4.78, 5) is 17.9. The first kappa shape index (κ1) is 31.6. The normalized spacial score (nSPS) is 11.6. The molecule has 0 aliphatic rings. The molecule has 0 unspecified atom stereocenters. The van der Waals surface area contributed by atoms with E-state index in [-0.39, 0.29) is 35.8 Å². The number of hydrogen-bond donors (Lipinski definition) is 0. The molecular weight excluding hydrogens is 586 g/mol. The van der Waals surface area contributed by atoms with Crippen molar-refractivity contribution >= 4 is 15.8 Å². The quantitative estimate of drug-likeness (QED) is 0.145. The summed E-state index contributed by atoms with van der Waals surface area (Å²) in [7, 11) is -4.01. The van der Waals surface area contributed by atoms with E-state index in [0.29, 0.717) is 5.56 Å². The number of anilines is 1. The van der Waals surface area contributed by atoms with Gasteiger partial charge >= 0.3 is 6.01 Å². The summed E-state index contributed by atoms with van der Waals surface area (Å²) in [6.45, 7) is 7.75. The number of rotatable bonds is 12. The molecule has 0 aliphatic carbocycles. The van der Waals surface area contributed by atoms with Crippen LogP contribution in [-0.4, -0.2) is 47.1 Å². The van der Waals surface area contributed by atoms with Gasteiger partial charge in [0.25, 0.3) is 10.0 Å². The second-order valence-corrected chi connectivity index (χ2v) is 13.3. The summed E-state index contributed by atoms with van der Waals surface area (Å²) in [5.74, 6) is 0.457. The number of ether oxygens (including phenoxy) is 2. The van der Waals surface area contributed by atoms with E-state index in [4.69, 9.17) is 9.47 Å². The van der Waals surface area contributed by atoms with E-state index in [9.17, 15) is 8.42 Å². The Morgan fingerprint density at radius 2 is 1.42 bits per heavy atom. The van der Waals surface area contributed by atoms with Gasteiger partial charge in [-0.3, -0.25) is 0 Å². The average molecular weight is 624 g/mol. The van der Waals surface area contributed by atoms with Gasteiger partial charge in [-0.2, -0.15) is 0 Å². The minimum atomic E-state index is -4.01. The van der Waals surface area contributed by atoms with Crippen molar-refractivity contribution in [3.8, 4) is 23.0 Å². The summed E-state index contributed by atoms with van der Waals surface area (Å²) in [5, 5.41) is 0. The Balaban J connectivity index is 1.39. The zero-order valence-electron chi connectivity index (χ0n) is 25.9. The Morgan fingerprint density at radius 3 is 2.11 bits per heavy atom. The van der Waals surface area contributed by atoms with Crippen molar-refractivity contribution in [3.63, 3.8) is 0 Å². The molecule has 10 heteroatoms. The molecule has 2 heterocycles. The standard InChI is InChI=1S/C35H37N5O4S/c1-26-15-18-28(19-16-26)31-32(40(35(2,3)4)45(41,42)30-13-9-6-10-14-30)37-25-38-33(31)43-23-24-44-34-36-22-21-29(39-34)20-17-27-11-7-5-8-12-27/h5-16,18-19,21-22,25H,17,20,23-24H2,1-4H3. The van der Waals surface area contributed by atoms with Gasteiger partial charge in [-0.25, -0.2) is 32.7 Å². The Bertz CT molecular complexity index is 1810. The van der Waals surface area contributed by atoms with Crippen LogP contribution in [0, 0.1) is 6.92 Å². The van der Waals surface area contributed by atoms with Gasteiger partial charge in [0.05, 0.1) is 10.5 Å². The second kappa shape index (κ2) is 13.9. The van der Waals surface area contributed by atoms with Crippen molar-refractivity contribution in [1.29, 1.82) is 0 Å². The summed E-state index contributed by atoms with van der Waals surface area (Å²) in [5.41, 5.74) is 3.50. The van der Waals surface area contributed by atoms with Gasteiger partial charge in [-0.1, -0.05) is 78.4 Å². The SMILES string of the molecule is Cc1ccc(-c2c(OCCOc3nccc(CCc4ccccc4)n3)ncnc2N(C(C)(C)C)S(=O)(=O)c2ccccc2)cc1. The van der Waals surface area contributed by atoms with Crippen LogP contribution < -0.4 is 13.8 Å². The minimum Gasteiger partial charge on any atom is -0.473 e. The molecule has 2 aromatic heterocycles.